The van der Waals surface area contributed by atoms with Crippen molar-refractivity contribution in [1.29, 1.82) is 5.41 Å². The second kappa shape index (κ2) is 18.7. The number of carboxylic acids is 1. The summed E-state index contributed by atoms with van der Waals surface area (Å²) in [5.74, 6) is -1.72. The number of hydrogen-bond acceptors (Lipinski definition) is 11. The van der Waals surface area contributed by atoms with Crippen molar-refractivity contribution in [2.24, 2.45) is 0 Å². The standard InChI is InChI=1S/C20H38N3O11P/c1-5-8-10-29-19(26)31-12-14-33-35(28,22-18(21)23(4)16(7-3)17(24)25)34-15-13-32-20(27)30-11-9-6-2/h16H,5-15H2,1-4H3,(H,24,25)(H2,21,22,28). The monoisotopic (exact) mass is 527 g/mol. The first-order valence-electron chi connectivity index (χ1n) is 11.4. The fourth-order valence-electron chi connectivity index (χ4n) is 2.33. The Morgan fingerprint density at radius 3 is 1.66 bits per heavy atom. The van der Waals surface area contributed by atoms with Crippen LogP contribution in [0.15, 0.2) is 0 Å². The van der Waals surface area contributed by atoms with Gasteiger partial charge in [-0.15, -0.1) is 0 Å². The number of carbonyl (C=O) groups excluding carboxylic acids is 2. The van der Waals surface area contributed by atoms with E-state index in [1.54, 1.807) is 6.92 Å². The average Bonchev–Trinajstić information content (AvgIpc) is 2.80. The van der Waals surface area contributed by atoms with E-state index >= 15 is 0 Å². The van der Waals surface area contributed by atoms with E-state index in [1.165, 1.54) is 7.05 Å². The number of guanidine groups is 1. The minimum Gasteiger partial charge on any atom is -0.480 e. The molecule has 0 aliphatic carbocycles. The summed E-state index contributed by atoms with van der Waals surface area (Å²) in [7, 11) is -2.93. The molecule has 0 aromatic carbocycles. The molecule has 0 fully saturated rings. The quantitative estimate of drug-likeness (QED) is 0.0776. The molecule has 0 aliphatic heterocycles. The molecule has 1 unspecified atom stereocenters. The first-order valence-corrected chi connectivity index (χ1v) is 12.9. The summed E-state index contributed by atoms with van der Waals surface area (Å²) >= 11 is 0. The van der Waals surface area contributed by atoms with E-state index in [1.807, 2.05) is 13.8 Å². The third-order valence-electron chi connectivity index (χ3n) is 4.30. The number of ether oxygens (including phenoxy) is 4. The van der Waals surface area contributed by atoms with E-state index in [2.05, 4.69) is 5.09 Å². The molecule has 0 amide bonds. The Morgan fingerprint density at radius 1 is 0.857 bits per heavy atom. The molecule has 0 saturated carbocycles. The van der Waals surface area contributed by atoms with Gasteiger partial charge in [0.15, 0.2) is 0 Å². The smallest absolute Gasteiger partial charge is 0.480 e. The van der Waals surface area contributed by atoms with Crippen LogP contribution in [0.3, 0.4) is 0 Å². The normalized spacial score (nSPS) is 11.8. The van der Waals surface area contributed by atoms with Gasteiger partial charge in [-0.1, -0.05) is 33.6 Å². The van der Waals surface area contributed by atoms with E-state index < -0.39 is 38.0 Å². The van der Waals surface area contributed by atoms with Gasteiger partial charge in [0, 0.05) is 7.05 Å². The summed E-state index contributed by atoms with van der Waals surface area (Å²) < 4.78 is 42.7. The van der Waals surface area contributed by atoms with Crippen molar-refractivity contribution in [2.75, 3.05) is 46.7 Å². The van der Waals surface area contributed by atoms with E-state index in [9.17, 15) is 24.1 Å². The van der Waals surface area contributed by atoms with E-state index in [4.69, 9.17) is 33.4 Å². The molecule has 0 radical (unpaired) electrons. The number of unbranched alkanes of at least 4 members (excludes halogenated alkanes) is 2. The molecule has 0 aromatic heterocycles. The molecule has 0 heterocycles. The first-order chi connectivity index (χ1) is 16.6. The molecule has 0 bridgehead atoms. The molecule has 0 rings (SSSR count). The minimum atomic E-state index is -4.26. The van der Waals surface area contributed by atoms with Crippen molar-refractivity contribution in [2.45, 2.75) is 58.9 Å². The first kappa shape index (κ1) is 32.4. The number of rotatable bonds is 18. The van der Waals surface area contributed by atoms with E-state index in [-0.39, 0.29) is 46.1 Å². The van der Waals surface area contributed by atoms with Crippen molar-refractivity contribution in [3.63, 3.8) is 0 Å². The molecule has 14 nitrogen and oxygen atoms in total. The SMILES string of the molecule is CCCCOC(=O)OCCOP(=O)(NC(=N)N(C)C(CC)C(=O)O)OCCOC(=O)OCCCC. The van der Waals surface area contributed by atoms with Crippen LogP contribution in [0.4, 0.5) is 9.59 Å². The minimum absolute atomic E-state index is 0.171. The zero-order chi connectivity index (χ0) is 26.7. The molecule has 0 spiro atoms. The zero-order valence-electron chi connectivity index (χ0n) is 20.8. The molecule has 3 N–H and O–H groups in total. The van der Waals surface area contributed by atoms with Crippen LogP contribution in [0.2, 0.25) is 0 Å². The highest BCUT2D eigenvalue weighted by Crippen LogP contribution is 2.43. The molecule has 0 saturated heterocycles. The number of aliphatic carboxylic acids is 1. The van der Waals surface area contributed by atoms with Gasteiger partial charge in [0.25, 0.3) is 0 Å². The van der Waals surface area contributed by atoms with Crippen molar-refractivity contribution in [3.8, 4) is 0 Å². The lowest BCUT2D eigenvalue weighted by molar-refractivity contribution is -0.141. The molecule has 0 aliphatic rings. The van der Waals surface area contributed by atoms with Crippen molar-refractivity contribution >= 4 is 32.0 Å². The van der Waals surface area contributed by atoms with Gasteiger partial charge in [0.2, 0.25) is 5.96 Å². The summed E-state index contributed by atoms with van der Waals surface area (Å²) in [5.41, 5.74) is 0. The van der Waals surface area contributed by atoms with E-state index in [0.717, 1.165) is 17.7 Å². The number of likely N-dealkylation sites (N-methyl/N-ethyl adjacent to an activating group) is 1. The largest absolute Gasteiger partial charge is 0.508 e. The topological polar surface area (TPSA) is 183 Å². The van der Waals surface area contributed by atoms with Gasteiger partial charge in [-0.3, -0.25) is 19.5 Å². The highest BCUT2D eigenvalue weighted by atomic mass is 31.2. The zero-order valence-corrected chi connectivity index (χ0v) is 21.7. The predicted molar refractivity (Wildman–Crippen MR) is 124 cm³/mol. The third kappa shape index (κ3) is 15.1. The van der Waals surface area contributed by atoms with Crippen LogP contribution in [-0.2, 0) is 37.4 Å². The van der Waals surface area contributed by atoms with Crippen LogP contribution < -0.4 is 5.09 Å². The van der Waals surface area contributed by atoms with Gasteiger partial charge in [0.05, 0.1) is 26.4 Å². The summed E-state index contributed by atoms with van der Waals surface area (Å²) in [4.78, 5) is 35.4. The van der Waals surface area contributed by atoms with Crippen LogP contribution in [0.1, 0.15) is 52.9 Å². The van der Waals surface area contributed by atoms with Gasteiger partial charge in [-0.05, 0) is 19.3 Å². The Morgan fingerprint density at radius 2 is 1.29 bits per heavy atom. The molecule has 204 valence electrons. The molecular formula is C20H38N3O11P. The van der Waals surface area contributed by atoms with Gasteiger partial charge < -0.3 is 29.0 Å². The maximum absolute atomic E-state index is 13.1. The lowest BCUT2D eigenvalue weighted by atomic mass is 10.2. The van der Waals surface area contributed by atoms with Crippen LogP contribution >= 0.6 is 7.75 Å². The van der Waals surface area contributed by atoms with Crippen molar-refractivity contribution in [3.05, 3.63) is 0 Å². The van der Waals surface area contributed by atoms with Crippen molar-refractivity contribution < 1.29 is 52.1 Å². The number of nitrogens with one attached hydrogen (secondary N) is 2. The molecule has 35 heavy (non-hydrogen) atoms. The summed E-state index contributed by atoms with van der Waals surface area (Å²) in [5, 5.41) is 19.6. The Bertz CT molecular complexity index is 674. The number of carbonyl (C=O) groups is 3. The summed E-state index contributed by atoms with van der Waals surface area (Å²) in [6.07, 6.45) is 1.37. The number of carboxylic acid groups (broad SMARTS) is 1. The van der Waals surface area contributed by atoms with Crippen LogP contribution in [-0.4, -0.2) is 87.0 Å². The third-order valence-corrected chi connectivity index (χ3v) is 5.83. The average molecular weight is 528 g/mol. The van der Waals surface area contributed by atoms with Gasteiger partial charge in [0.1, 0.15) is 19.3 Å². The maximum Gasteiger partial charge on any atom is 0.508 e. The fourth-order valence-corrected chi connectivity index (χ4v) is 3.58. The van der Waals surface area contributed by atoms with Crippen LogP contribution in [0.5, 0.6) is 0 Å². The highest BCUT2D eigenvalue weighted by molar-refractivity contribution is 7.52. The summed E-state index contributed by atoms with van der Waals surface area (Å²) in [6, 6.07) is -1.06. The molecule has 15 heteroatoms. The summed E-state index contributed by atoms with van der Waals surface area (Å²) in [6.45, 7) is 4.46. The fraction of sp³-hybridized carbons (Fsp3) is 0.800. The lowest BCUT2D eigenvalue weighted by Crippen LogP contribution is -2.46. The molecule has 1 atom stereocenters. The van der Waals surface area contributed by atoms with E-state index in [0.29, 0.717) is 12.8 Å². The van der Waals surface area contributed by atoms with Gasteiger partial charge >= 0.3 is 26.0 Å². The van der Waals surface area contributed by atoms with Gasteiger partial charge in [-0.25, -0.2) is 18.9 Å². The second-order valence-electron chi connectivity index (χ2n) is 7.10. The van der Waals surface area contributed by atoms with Crippen LogP contribution in [0.25, 0.3) is 0 Å². The Labute approximate surface area is 205 Å². The second-order valence-corrected chi connectivity index (χ2v) is 8.83. The number of nitrogens with zero attached hydrogens (tertiary/aromatic N) is 1. The molecular weight excluding hydrogens is 489 g/mol. The lowest BCUT2D eigenvalue weighted by Gasteiger charge is -2.28. The highest BCUT2D eigenvalue weighted by Gasteiger charge is 2.31. The van der Waals surface area contributed by atoms with Crippen LogP contribution in [0, 0.1) is 5.41 Å². The van der Waals surface area contributed by atoms with Crippen molar-refractivity contribution in [1.82, 2.24) is 9.99 Å². The predicted octanol–water partition coefficient (Wildman–Crippen LogP) is 3.35. The molecule has 0 aromatic rings. The van der Waals surface area contributed by atoms with Gasteiger partial charge in [-0.2, -0.15) is 0 Å². The Kier molecular flexibility index (Phi) is 17.3. The maximum atomic E-state index is 13.1. The Hall–Kier alpha value is -2.57. The number of hydrogen-bond donors (Lipinski definition) is 3. The Balaban J connectivity index is 4.89.